The Morgan fingerprint density at radius 2 is 1.76 bits per heavy atom. The van der Waals surface area contributed by atoms with Crippen molar-refractivity contribution in [1.29, 1.82) is 5.26 Å². The maximum atomic E-state index is 13.6. The number of allylic oxidation sites excluding steroid dienone is 1. The van der Waals surface area contributed by atoms with Crippen molar-refractivity contribution in [2.75, 3.05) is 0 Å². The Hall–Kier alpha value is -2.45. The molecule has 2 aromatic carbocycles. The summed E-state index contributed by atoms with van der Waals surface area (Å²) in [6, 6.07) is 13.5. The van der Waals surface area contributed by atoms with Crippen LogP contribution in [0.4, 0.5) is 4.39 Å². The summed E-state index contributed by atoms with van der Waals surface area (Å²) >= 11 is 0. The Kier molecular flexibility index (Phi) is 4.20. The third-order valence-corrected chi connectivity index (χ3v) is 4.60. The van der Waals surface area contributed by atoms with Crippen molar-refractivity contribution in [2.45, 2.75) is 11.8 Å². The van der Waals surface area contributed by atoms with E-state index in [1.54, 1.807) is 24.3 Å². The first-order valence-corrected chi connectivity index (χ1v) is 7.61. The Balaban J connectivity index is 2.53. The summed E-state index contributed by atoms with van der Waals surface area (Å²) in [4.78, 5) is -0.478. The van der Waals surface area contributed by atoms with E-state index in [0.717, 1.165) is 11.6 Å². The van der Waals surface area contributed by atoms with E-state index in [9.17, 15) is 12.8 Å². The van der Waals surface area contributed by atoms with Crippen LogP contribution in [0.5, 0.6) is 0 Å². The molecule has 0 atom stereocenters. The summed E-state index contributed by atoms with van der Waals surface area (Å²) < 4.78 is 38.3. The molecule has 0 aromatic heterocycles. The van der Waals surface area contributed by atoms with Gasteiger partial charge < -0.3 is 0 Å². The second-order valence-electron chi connectivity index (χ2n) is 4.46. The standard InChI is InChI=1S/C16H12FNO2S/c1-12-6-8-14(9-7-12)21(19,20)15(11-18)10-13-4-2-3-5-16(13)17/h2-10H,1H3. The van der Waals surface area contributed by atoms with Crippen LogP contribution >= 0.6 is 0 Å². The zero-order valence-electron chi connectivity index (χ0n) is 11.2. The highest BCUT2D eigenvalue weighted by Gasteiger charge is 2.21. The van der Waals surface area contributed by atoms with Gasteiger partial charge in [-0.3, -0.25) is 0 Å². The molecule has 0 aliphatic carbocycles. The van der Waals surface area contributed by atoms with Crippen LogP contribution in [0.15, 0.2) is 58.3 Å². The lowest BCUT2D eigenvalue weighted by atomic mass is 10.2. The van der Waals surface area contributed by atoms with Gasteiger partial charge in [0.05, 0.1) is 4.90 Å². The highest BCUT2D eigenvalue weighted by molar-refractivity contribution is 7.95. The average molecular weight is 301 g/mol. The number of halogens is 1. The van der Waals surface area contributed by atoms with Crippen LogP contribution < -0.4 is 0 Å². The molecule has 0 aliphatic rings. The van der Waals surface area contributed by atoms with Crippen LogP contribution in [0.1, 0.15) is 11.1 Å². The fourth-order valence-corrected chi connectivity index (χ4v) is 2.90. The molecule has 0 N–H and O–H groups in total. The first-order valence-electron chi connectivity index (χ1n) is 6.13. The molecule has 5 heteroatoms. The van der Waals surface area contributed by atoms with Gasteiger partial charge >= 0.3 is 0 Å². The summed E-state index contributed by atoms with van der Waals surface area (Å²) in [5.41, 5.74) is 0.968. The van der Waals surface area contributed by atoms with E-state index in [1.807, 2.05) is 6.92 Å². The number of rotatable bonds is 3. The summed E-state index contributed by atoms with van der Waals surface area (Å²) in [7, 11) is -3.95. The summed E-state index contributed by atoms with van der Waals surface area (Å²) in [5, 5.41) is 9.11. The van der Waals surface area contributed by atoms with Crippen molar-refractivity contribution in [1.82, 2.24) is 0 Å². The molecule has 0 radical (unpaired) electrons. The van der Waals surface area contributed by atoms with Gasteiger partial charge in [-0.25, -0.2) is 12.8 Å². The number of hydrogen-bond donors (Lipinski definition) is 0. The average Bonchev–Trinajstić information content (AvgIpc) is 2.46. The normalized spacial score (nSPS) is 12.0. The van der Waals surface area contributed by atoms with Crippen LogP contribution in [0.25, 0.3) is 6.08 Å². The SMILES string of the molecule is Cc1ccc(S(=O)(=O)C(C#N)=Cc2ccccc2F)cc1. The van der Waals surface area contributed by atoms with E-state index in [2.05, 4.69) is 0 Å². The van der Waals surface area contributed by atoms with Gasteiger partial charge in [-0.15, -0.1) is 0 Å². The largest absolute Gasteiger partial charge is 0.218 e. The number of nitrogens with zero attached hydrogens (tertiary/aromatic N) is 1. The van der Waals surface area contributed by atoms with Crippen LogP contribution in [0.3, 0.4) is 0 Å². The van der Waals surface area contributed by atoms with E-state index >= 15 is 0 Å². The number of benzene rings is 2. The van der Waals surface area contributed by atoms with Crippen molar-refractivity contribution in [3.63, 3.8) is 0 Å². The molecule has 0 amide bonds. The second kappa shape index (κ2) is 5.90. The Morgan fingerprint density at radius 3 is 2.33 bits per heavy atom. The fraction of sp³-hybridized carbons (Fsp3) is 0.0625. The molecule has 0 saturated heterocycles. The quantitative estimate of drug-likeness (QED) is 0.816. The van der Waals surface area contributed by atoms with Crippen molar-refractivity contribution in [3.05, 3.63) is 70.4 Å². The monoisotopic (exact) mass is 301 g/mol. The molecular weight excluding hydrogens is 289 g/mol. The maximum absolute atomic E-state index is 13.6. The lowest BCUT2D eigenvalue weighted by Crippen LogP contribution is -2.03. The molecule has 0 spiro atoms. The fourth-order valence-electron chi connectivity index (χ4n) is 1.75. The van der Waals surface area contributed by atoms with E-state index in [-0.39, 0.29) is 10.5 Å². The van der Waals surface area contributed by atoms with Crippen LogP contribution in [-0.4, -0.2) is 8.42 Å². The minimum atomic E-state index is -3.95. The molecule has 0 saturated carbocycles. The van der Waals surface area contributed by atoms with Crippen LogP contribution in [0.2, 0.25) is 0 Å². The minimum absolute atomic E-state index is 0.0113. The highest BCUT2D eigenvalue weighted by Crippen LogP contribution is 2.22. The van der Waals surface area contributed by atoms with Gasteiger partial charge in [0.15, 0.2) is 0 Å². The zero-order valence-corrected chi connectivity index (χ0v) is 12.1. The van der Waals surface area contributed by atoms with Gasteiger partial charge in [0.2, 0.25) is 9.84 Å². The topological polar surface area (TPSA) is 57.9 Å². The van der Waals surface area contributed by atoms with Gasteiger partial charge in [-0.2, -0.15) is 5.26 Å². The van der Waals surface area contributed by atoms with Crippen LogP contribution in [0, 0.1) is 24.1 Å². The van der Waals surface area contributed by atoms with Gasteiger partial charge in [0, 0.05) is 5.56 Å². The Labute approximate surface area is 122 Å². The van der Waals surface area contributed by atoms with E-state index in [1.165, 1.54) is 30.3 Å². The number of sulfone groups is 1. The van der Waals surface area contributed by atoms with Gasteiger partial charge in [-0.05, 0) is 31.2 Å². The third-order valence-electron chi connectivity index (χ3n) is 2.92. The molecular formula is C16H12FNO2S. The second-order valence-corrected chi connectivity index (χ2v) is 6.38. The minimum Gasteiger partial charge on any atom is -0.218 e. The summed E-state index contributed by atoms with van der Waals surface area (Å²) in [6.45, 7) is 1.83. The number of nitriles is 1. The predicted molar refractivity (Wildman–Crippen MR) is 78.4 cm³/mol. The van der Waals surface area contributed by atoms with Crippen LogP contribution in [-0.2, 0) is 9.84 Å². The lowest BCUT2D eigenvalue weighted by Gasteiger charge is -2.04. The first-order chi connectivity index (χ1) is 9.95. The molecule has 0 aliphatic heterocycles. The highest BCUT2D eigenvalue weighted by atomic mass is 32.2. The van der Waals surface area contributed by atoms with Crippen molar-refractivity contribution in [2.24, 2.45) is 0 Å². The molecule has 2 rings (SSSR count). The molecule has 0 bridgehead atoms. The van der Waals surface area contributed by atoms with E-state index in [0.29, 0.717) is 0 Å². The zero-order chi connectivity index (χ0) is 15.5. The van der Waals surface area contributed by atoms with Crippen molar-refractivity contribution in [3.8, 4) is 6.07 Å². The van der Waals surface area contributed by atoms with Gasteiger partial charge in [-0.1, -0.05) is 35.9 Å². The molecule has 106 valence electrons. The summed E-state index contributed by atoms with van der Waals surface area (Å²) in [6.07, 6.45) is 1.05. The third kappa shape index (κ3) is 3.18. The van der Waals surface area contributed by atoms with Crippen molar-refractivity contribution < 1.29 is 12.8 Å². The number of aryl methyl sites for hydroxylation is 1. The molecule has 0 fully saturated rings. The smallest absolute Gasteiger partial charge is 0.216 e. The molecule has 2 aromatic rings. The van der Waals surface area contributed by atoms with Crippen molar-refractivity contribution >= 4 is 15.9 Å². The maximum Gasteiger partial charge on any atom is 0.216 e. The predicted octanol–water partition coefficient (Wildman–Crippen LogP) is 3.47. The van der Waals surface area contributed by atoms with Gasteiger partial charge in [0.25, 0.3) is 0 Å². The Morgan fingerprint density at radius 1 is 1.14 bits per heavy atom. The number of hydrogen-bond acceptors (Lipinski definition) is 3. The Bertz CT molecular complexity index is 831. The van der Waals surface area contributed by atoms with E-state index in [4.69, 9.17) is 5.26 Å². The molecule has 3 nitrogen and oxygen atoms in total. The molecule has 0 unspecified atom stereocenters. The lowest BCUT2D eigenvalue weighted by molar-refractivity contribution is 0.603. The summed E-state index contributed by atoms with van der Waals surface area (Å²) in [5.74, 6) is -0.579. The van der Waals surface area contributed by atoms with E-state index < -0.39 is 20.6 Å². The molecule has 0 heterocycles. The molecule has 21 heavy (non-hydrogen) atoms. The first kappa shape index (κ1) is 14.9. The van der Waals surface area contributed by atoms with Gasteiger partial charge in [0.1, 0.15) is 16.8 Å².